The van der Waals surface area contributed by atoms with Crippen molar-refractivity contribution in [3.05, 3.63) is 416 Å². The van der Waals surface area contributed by atoms with Gasteiger partial charge in [0.05, 0.1) is 55.2 Å². The van der Waals surface area contributed by atoms with Gasteiger partial charge in [0, 0.05) is 82.3 Å². The van der Waals surface area contributed by atoms with Gasteiger partial charge in [0.1, 0.15) is 0 Å². The third-order valence-corrected chi connectivity index (χ3v) is 20.6. The minimum absolute atomic E-state index is 1.20. The molecule has 106 heavy (non-hydrogen) atoms. The number of rotatable bonds is 6. The Labute approximate surface area is 618 Å². The molecule has 21 rings (SSSR count). The molecule has 16 aromatic carbocycles. The summed E-state index contributed by atoms with van der Waals surface area (Å²) in [6, 6.07) is 138. The van der Waals surface area contributed by atoms with Gasteiger partial charge in [-0.25, -0.2) is 0 Å². The molecule has 508 valence electrons. The molecule has 5 aromatic heterocycles. The standard InChI is InChI=1S/C25H19N.4C19H15N/c1-18-11-13-19(14-12-18)20-15-16-25-23(17-20)22-9-5-6-10-24(22)26(25)21-7-3-2-4-8-21;1-14-8-7-12-17-16-11-5-6-13-18(16)20(19(14)17)15-9-3-2-4-10-15;1-14-8-7-13-18-19(14)16-11-5-6-12-17(16)20(18)15-9-3-2-4-10-15;1-14-11-12-19-17(13-14)16-9-5-6-10-18(16)20(19)15-7-3-2-4-8-15;1-14-11-12-17-16-9-5-6-10-18(16)20(19(17)13-14)15-7-3-2-4-8-15/h2-17H,1H3;4*2-13H,1H3. The number of hydrogen-bond acceptors (Lipinski definition) is 0. The Kier molecular flexibility index (Phi) is 17.8. The lowest BCUT2D eigenvalue weighted by atomic mass is 10.0. The molecule has 0 bridgehead atoms. The molecule has 0 aliphatic carbocycles. The number of benzene rings is 16. The Morgan fingerprint density at radius 1 is 0.160 bits per heavy atom. The fourth-order valence-corrected chi connectivity index (χ4v) is 15.7. The highest BCUT2D eigenvalue weighted by Crippen LogP contribution is 2.39. The van der Waals surface area contributed by atoms with Crippen LogP contribution in [0.4, 0.5) is 0 Å². The molecule has 0 spiro atoms. The number of nitrogens with zero attached hydrogens (tertiary/aromatic N) is 5. The maximum absolute atomic E-state index is 2.36. The first kappa shape index (κ1) is 65.8. The maximum atomic E-state index is 2.36. The summed E-state index contributed by atoms with van der Waals surface area (Å²) < 4.78 is 11.7. The number of fused-ring (bicyclic) bond motifs is 15. The van der Waals surface area contributed by atoms with E-state index in [9.17, 15) is 0 Å². The van der Waals surface area contributed by atoms with Crippen LogP contribution in [-0.4, -0.2) is 22.8 Å². The fraction of sp³-hybridized carbons (Fsp3) is 0.0495. The van der Waals surface area contributed by atoms with Crippen molar-refractivity contribution in [2.45, 2.75) is 34.6 Å². The quantitative estimate of drug-likeness (QED) is 0.159. The van der Waals surface area contributed by atoms with Crippen LogP contribution in [0.2, 0.25) is 0 Å². The monoisotopic (exact) mass is 1360 g/mol. The van der Waals surface area contributed by atoms with Crippen LogP contribution in [0, 0.1) is 34.6 Å². The SMILES string of the molecule is Cc1ccc(-c2ccc3c(c2)c2ccccc2n3-c2ccccc2)cc1.Cc1ccc2c(c1)c1ccccc1n2-c1ccccc1.Cc1ccc2c3ccccc3n(-c3ccccc3)c2c1.Cc1cccc2c1c1ccccc1n2-c1ccccc1.Cc1cccc2c3ccccc3n(-c3ccccc3)c12. The average Bonchev–Trinajstić information content (AvgIpc) is 1.63. The van der Waals surface area contributed by atoms with Gasteiger partial charge < -0.3 is 22.8 Å². The largest absolute Gasteiger partial charge is 0.309 e. The predicted octanol–water partition coefficient (Wildman–Crippen LogP) is 27.1. The molecular formula is C101H79N5. The second-order valence-electron chi connectivity index (χ2n) is 27.5. The van der Waals surface area contributed by atoms with Crippen molar-refractivity contribution in [3.63, 3.8) is 0 Å². The number of hydrogen-bond donors (Lipinski definition) is 0. The van der Waals surface area contributed by atoms with E-state index < -0.39 is 0 Å². The summed E-state index contributed by atoms with van der Waals surface area (Å²) in [5.41, 5.74) is 27.7. The summed E-state index contributed by atoms with van der Waals surface area (Å²) in [7, 11) is 0. The molecule has 0 saturated carbocycles. The van der Waals surface area contributed by atoms with Crippen LogP contribution >= 0.6 is 0 Å². The first-order valence-corrected chi connectivity index (χ1v) is 36.6. The predicted molar refractivity (Wildman–Crippen MR) is 453 cm³/mol. The van der Waals surface area contributed by atoms with E-state index in [-0.39, 0.29) is 0 Å². The van der Waals surface area contributed by atoms with Gasteiger partial charge in [-0.15, -0.1) is 0 Å². The number of para-hydroxylation sites is 11. The Morgan fingerprint density at radius 3 is 0.972 bits per heavy atom. The van der Waals surface area contributed by atoms with Gasteiger partial charge >= 0.3 is 0 Å². The molecule has 21 aromatic rings. The van der Waals surface area contributed by atoms with Crippen LogP contribution in [0.5, 0.6) is 0 Å². The topological polar surface area (TPSA) is 24.6 Å². The molecule has 0 saturated heterocycles. The average molecular weight is 1360 g/mol. The van der Waals surface area contributed by atoms with Gasteiger partial charge in [-0.05, 0) is 190 Å². The zero-order valence-corrected chi connectivity index (χ0v) is 60.2. The second-order valence-corrected chi connectivity index (χ2v) is 27.5. The summed E-state index contributed by atoms with van der Waals surface area (Å²) in [6.07, 6.45) is 0. The molecule has 5 heterocycles. The summed E-state index contributed by atoms with van der Waals surface area (Å²) in [5.74, 6) is 0. The minimum Gasteiger partial charge on any atom is -0.309 e. The van der Waals surface area contributed by atoms with Crippen molar-refractivity contribution in [2.24, 2.45) is 0 Å². The molecule has 5 nitrogen and oxygen atoms in total. The van der Waals surface area contributed by atoms with Gasteiger partial charge in [-0.3, -0.25) is 0 Å². The van der Waals surface area contributed by atoms with Crippen molar-refractivity contribution in [1.82, 2.24) is 22.8 Å². The van der Waals surface area contributed by atoms with Crippen LogP contribution in [0.25, 0.3) is 149 Å². The van der Waals surface area contributed by atoms with Crippen molar-refractivity contribution >= 4 is 109 Å². The van der Waals surface area contributed by atoms with E-state index in [1.165, 1.54) is 176 Å². The molecule has 0 aliphatic rings. The third kappa shape index (κ3) is 12.3. The van der Waals surface area contributed by atoms with Gasteiger partial charge in [0.15, 0.2) is 0 Å². The smallest absolute Gasteiger partial charge is 0.0570 e. The lowest BCUT2D eigenvalue weighted by Crippen LogP contribution is -1.94. The first-order chi connectivity index (χ1) is 52.2. The van der Waals surface area contributed by atoms with Gasteiger partial charge in [-0.1, -0.05) is 272 Å². The molecule has 0 aliphatic heterocycles. The lowest BCUT2D eigenvalue weighted by Gasteiger charge is -2.08. The highest BCUT2D eigenvalue weighted by Gasteiger charge is 2.18. The van der Waals surface area contributed by atoms with Gasteiger partial charge in [0.25, 0.3) is 0 Å². The highest BCUT2D eigenvalue weighted by molar-refractivity contribution is 6.14. The molecule has 0 atom stereocenters. The van der Waals surface area contributed by atoms with Gasteiger partial charge in [0.2, 0.25) is 0 Å². The van der Waals surface area contributed by atoms with Crippen LogP contribution < -0.4 is 0 Å². The fourth-order valence-electron chi connectivity index (χ4n) is 15.7. The summed E-state index contributed by atoms with van der Waals surface area (Å²) in [4.78, 5) is 0. The van der Waals surface area contributed by atoms with Crippen LogP contribution in [0.15, 0.2) is 388 Å². The van der Waals surface area contributed by atoms with Crippen molar-refractivity contribution in [1.29, 1.82) is 0 Å². The Bertz CT molecular complexity index is 6650. The van der Waals surface area contributed by atoms with Crippen molar-refractivity contribution < 1.29 is 0 Å². The Balaban J connectivity index is 0.0000000979. The number of aromatic nitrogens is 5. The van der Waals surface area contributed by atoms with E-state index in [4.69, 9.17) is 0 Å². The Hall–Kier alpha value is -13.5. The third-order valence-electron chi connectivity index (χ3n) is 20.6. The molecular weight excluding hydrogens is 1280 g/mol. The molecule has 0 amide bonds. The summed E-state index contributed by atoms with van der Waals surface area (Å²) >= 11 is 0. The molecule has 0 fully saturated rings. The van der Waals surface area contributed by atoms with E-state index in [0.717, 1.165) is 0 Å². The van der Waals surface area contributed by atoms with Gasteiger partial charge in [-0.2, -0.15) is 0 Å². The van der Waals surface area contributed by atoms with Crippen molar-refractivity contribution in [3.8, 4) is 39.6 Å². The lowest BCUT2D eigenvalue weighted by molar-refractivity contribution is 1.17. The molecule has 5 heteroatoms. The van der Waals surface area contributed by atoms with Crippen LogP contribution in [0.3, 0.4) is 0 Å². The maximum Gasteiger partial charge on any atom is 0.0570 e. The number of aryl methyl sites for hydroxylation is 5. The van der Waals surface area contributed by atoms with E-state index >= 15 is 0 Å². The zero-order valence-electron chi connectivity index (χ0n) is 60.2. The van der Waals surface area contributed by atoms with Crippen LogP contribution in [-0.2, 0) is 0 Å². The summed E-state index contributed by atoms with van der Waals surface area (Å²) in [5, 5.41) is 13.2. The Morgan fingerprint density at radius 2 is 0.462 bits per heavy atom. The van der Waals surface area contributed by atoms with Crippen molar-refractivity contribution in [2.75, 3.05) is 0 Å². The minimum atomic E-state index is 1.20. The molecule has 0 unspecified atom stereocenters. The molecule has 0 N–H and O–H groups in total. The summed E-state index contributed by atoms with van der Waals surface area (Å²) in [6.45, 7) is 10.8. The zero-order chi connectivity index (χ0) is 71.6. The normalized spacial score (nSPS) is 11.3. The second kappa shape index (κ2) is 28.7. The van der Waals surface area contributed by atoms with E-state index in [1.807, 2.05) is 0 Å². The first-order valence-electron chi connectivity index (χ1n) is 36.6. The van der Waals surface area contributed by atoms with E-state index in [0.29, 0.717) is 0 Å². The van der Waals surface area contributed by atoms with Crippen LogP contribution in [0.1, 0.15) is 27.8 Å². The van der Waals surface area contributed by atoms with E-state index in [2.05, 4.69) is 446 Å². The molecule has 0 radical (unpaired) electrons. The van der Waals surface area contributed by atoms with E-state index in [1.54, 1.807) is 0 Å². The highest BCUT2D eigenvalue weighted by atomic mass is 15.0.